The Morgan fingerprint density at radius 2 is 2.05 bits per heavy atom. The molecule has 0 saturated heterocycles. The topological polar surface area (TPSA) is 47.3 Å². The minimum atomic E-state index is -0.522. The van der Waals surface area contributed by atoms with Gasteiger partial charge in [-0.25, -0.2) is 14.4 Å². The van der Waals surface area contributed by atoms with Crippen LogP contribution >= 0.6 is 27.5 Å². The molecular weight excluding hydrogens is 361 g/mol. The molecule has 0 unspecified atom stereocenters. The zero-order chi connectivity index (χ0) is 15.1. The monoisotopic (exact) mass is 367 g/mol. The van der Waals surface area contributed by atoms with E-state index in [1.54, 1.807) is 13.0 Å². The fourth-order valence-electron chi connectivity index (χ4n) is 2.05. The van der Waals surface area contributed by atoms with Gasteiger partial charge in [-0.15, -0.1) is 0 Å². The summed E-state index contributed by atoms with van der Waals surface area (Å²) in [7, 11) is 0. The van der Waals surface area contributed by atoms with Gasteiger partial charge in [0.1, 0.15) is 16.1 Å². The molecule has 0 atom stereocenters. The predicted molar refractivity (Wildman–Crippen MR) is 82.1 cm³/mol. The highest BCUT2D eigenvalue weighted by Gasteiger charge is 2.14. The summed E-state index contributed by atoms with van der Waals surface area (Å²) >= 11 is 8.99. The van der Waals surface area contributed by atoms with E-state index in [9.17, 15) is 9.18 Å². The summed E-state index contributed by atoms with van der Waals surface area (Å²) in [6.45, 7) is 1.70. The Hall–Kier alpha value is -1.79. The van der Waals surface area contributed by atoms with Crippen molar-refractivity contribution in [3.63, 3.8) is 0 Å². The molecular formula is C14H8BrClFN3O. The van der Waals surface area contributed by atoms with Crippen molar-refractivity contribution < 1.29 is 4.39 Å². The maximum absolute atomic E-state index is 14.1. The molecule has 3 rings (SSSR count). The summed E-state index contributed by atoms with van der Waals surface area (Å²) in [6, 6.07) is 5.68. The molecule has 2 aromatic heterocycles. The molecule has 0 aliphatic heterocycles. The van der Waals surface area contributed by atoms with E-state index >= 15 is 0 Å². The number of fused-ring (bicyclic) bond motifs is 1. The predicted octanol–water partition coefficient (Wildman–Crippen LogP) is 3.62. The average Bonchev–Trinajstić information content (AvgIpc) is 2.39. The van der Waals surface area contributed by atoms with Crippen LogP contribution in [0.15, 0.2) is 39.9 Å². The van der Waals surface area contributed by atoms with Crippen molar-refractivity contribution in [3.05, 3.63) is 62.0 Å². The number of hydrogen-bond donors (Lipinski definition) is 0. The van der Waals surface area contributed by atoms with Crippen molar-refractivity contribution in [2.24, 2.45) is 0 Å². The standard InChI is InChI=1S/C14H8BrClFN3O/c1-7-4-12(21)20-6-11(15)19-13(14(20)18-7)9-3-2-8(16)5-10(9)17/h2-6H,1H3. The molecule has 0 spiro atoms. The third-order valence-electron chi connectivity index (χ3n) is 2.93. The SMILES string of the molecule is Cc1cc(=O)n2cc(Br)nc(-c3ccc(Cl)cc3F)c2n1. The van der Waals surface area contributed by atoms with Gasteiger partial charge < -0.3 is 0 Å². The second kappa shape index (κ2) is 5.20. The first kappa shape index (κ1) is 14.2. The van der Waals surface area contributed by atoms with Crippen molar-refractivity contribution >= 4 is 33.2 Å². The number of halogens is 3. The Bertz CT molecular complexity index is 926. The van der Waals surface area contributed by atoms with E-state index in [0.29, 0.717) is 15.9 Å². The van der Waals surface area contributed by atoms with Gasteiger partial charge in [-0.2, -0.15) is 0 Å². The first-order chi connectivity index (χ1) is 9.95. The minimum absolute atomic E-state index is 0.232. The summed E-state index contributed by atoms with van der Waals surface area (Å²) in [6.07, 6.45) is 1.50. The summed E-state index contributed by atoms with van der Waals surface area (Å²) in [5.41, 5.74) is 1.09. The van der Waals surface area contributed by atoms with Crippen LogP contribution in [0.2, 0.25) is 5.02 Å². The molecule has 21 heavy (non-hydrogen) atoms. The van der Waals surface area contributed by atoms with Crippen LogP contribution in [-0.2, 0) is 0 Å². The lowest BCUT2D eigenvalue weighted by Gasteiger charge is -2.09. The molecule has 2 heterocycles. The molecule has 3 aromatic rings. The quantitative estimate of drug-likeness (QED) is 0.659. The van der Waals surface area contributed by atoms with E-state index in [1.165, 1.54) is 28.8 Å². The first-order valence-corrected chi connectivity index (χ1v) is 7.15. The summed E-state index contributed by atoms with van der Waals surface area (Å²) < 4.78 is 15.9. The molecule has 1 aromatic carbocycles. The molecule has 0 amide bonds. The summed E-state index contributed by atoms with van der Waals surface area (Å²) in [5, 5.41) is 0.289. The number of aromatic nitrogens is 3. The Kier molecular flexibility index (Phi) is 3.51. The lowest BCUT2D eigenvalue weighted by Crippen LogP contribution is -2.16. The van der Waals surface area contributed by atoms with Crippen molar-refractivity contribution in [3.8, 4) is 11.3 Å². The number of rotatable bonds is 1. The Morgan fingerprint density at radius 1 is 1.29 bits per heavy atom. The zero-order valence-electron chi connectivity index (χ0n) is 10.8. The van der Waals surface area contributed by atoms with E-state index in [0.717, 1.165) is 0 Å². The number of aryl methyl sites for hydroxylation is 1. The summed E-state index contributed by atoms with van der Waals surface area (Å²) in [5.74, 6) is -0.522. The van der Waals surface area contributed by atoms with Crippen molar-refractivity contribution in [1.29, 1.82) is 0 Å². The van der Waals surface area contributed by atoms with Gasteiger partial charge in [0, 0.05) is 28.5 Å². The van der Waals surface area contributed by atoms with Gasteiger partial charge in [0.2, 0.25) is 0 Å². The van der Waals surface area contributed by atoms with Gasteiger partial charge in [-0.05, 0) is 41.1 Å². The van der Waals surface area contributed by atoms with E-state index in [2.05, 4.69) is 25.9 Å². The van der Waals surface area contributed by atoms with Crippen LogP contribution in [0.5, 0.6) is 0 Å². The molecule has 0 saturated carbocycles. The lowest BCUT2D eigenvalue weighted by molar-refractivity contribution is 0.630. The normalized spacial score (nSPS) is 11.0. The largest absolute Gasteiger partial charge is 0.269 e. The first-order valence-electron chi connectivity index (χ1n) is 5.97. The van der Waals surface area contributed by atoms with Gasteiger partial charge in [-0.3, -0.25) is 9.20 Å². The van der Waals surface area contributed by atoms with E-state index in [4.69, 9.17) is 11.6 Å². The number of benzene rings is 1. The van der Waals surface area contributed by atoms with Crippen LogP contribution in [0.1, 0.15) is 5.69 Å². The van der Waals surface area contributed by atoms with Crippen molar-refractivity contribution in [2.45, 2.75) is 6.92 Å². The molecule has 0 bridgehead atoms. The van der Waals surface area contributed by atoms with Crippen molar-refractivity contribution in [1.82, 2.24) is 14.4 Å². The third kappa shape index (κ3) is 2.56. The van der Waals surface area contributed by atoms with Gasteiger partial charge in [0.05, 0.1) is 0 Å². The Balaban J connectivity index is 2.44. The Labute approximate surface area is 132 Å². The fourth-order valence-corrected chi connectivity index (χ4v) is 2.59. The molecule has 0 fully saturated rings. The molecule has 7 heteroatoms. The van der Waals surface area contributed by atoms with Gasteiger partial charge in [0.25, 0.3) is 5.56 Å². The highest BCUT2D eigenvalue weighted by atomic mass is 79.9. The number of nitrogens with zero attached hydrogens (tertiary/aromatic N) is 3. The average molecular weight is 369 g/mol. The van der Waals surface area contributed by atoms with Crippen LogP contribution < -0.4 is 5.56 Å². The highest BCUT2D eigenvalue weighted by Crippen LogP contribution is 2.27. The lowest BCUT2D eigenvalue weighted by atomic mass is 10.1. The van der Waals surface area contributed by atoms with Crippen LogP contribution in [0.3, 0.4) is 0 Å². The smallest absolute Gasteiger partial charge is 0.258 e. The highest BCUT2D eigenvalue weighted by molar-refractivity contribution is 9.10. The zero-order valence-corrected chi connectivity index (χ0v) is 13.1. The van der Waals surface area contributed by atoms with Crippen LogP contribution in [0.25, 0.3) is 16.9 Å². The van der Waals surface area contributed by atoms with Gasteiger partial charge in [-0.1, -0.05) is 11.6 Å². The minimum Gasteiger partial charge on any atom is -0.269 e. The Morgan fingerprint density at radius 3 is 2.76 bits per heavy atom. The molecule has 4 nitrogen and oxygen atoms in total. The summed E-state index contributed by atoms with van der Waals surface area (Å²) in [4.78, 5) is 20.6. The van der Waals surface area contributed by atoms with Crippen LogP contribution in [0, 0.1) is 12.7 Å². The number of hydrogen-bond acceptors (Lipinski definition) is 3. The molecule has 0 radical (unpaired) electrons. The molecule has 0 aliphatic carbocycles. The molecule has 0 aliphatic rings. The van der Waals surface area contributed by atoms with Crippen molar-refractivity contribution in [2.75, 3.05) is 0 Å². The van der Waals surface area contributed by atoms with E-state index in [-0.39, 0.29) is 21.8 Å². The van der Waals surface area contributed by atoms with Gasteiger partial charge >= 0.3 is 0 Å². The van der Waals surface area contributed by atoms with Crippen LogP contribution in [-0.4, -0.2) is 14.4 Å². The fraction of sp³-hybridized carbons (Fsp3) is 0.0714. The second-order valence-corrected chi connectivity index (χ2v) is 5.71. The van der Waals surface area contributed by atoms with E-state index in [1.807, 2.05) is 0 Å². The molecule has 0 N–H and O–H groups in total. The maximum atomic E-state index is 14.1. The van der Waals surface area contributed by atoms with Crippen LogP contribution in [0.4, 0.5) is 4.39 Å². The van der Waals surface area contributed by atoms with E-state index < -0.39 is 5.82 Å². The van der Waals surface area contributed by atoms with Gasteiger partial charge in [0.15, 0.2) is 5.65 Å². The maximum Gasteiger partial charge on any atom is 0.258 e. The molecule has 106 valence electrons. The third-order valence-corrected chi connectivity index (χ3v) is 3.55. The second-order valence-electron chi connectivity index (χ2n) is 4.47.